The molecule has 2 aromatic carbocycles. The Kier molecular flexibility index (Phi) is 8.11. The first-order valence-electron chi connectivity index (χ1n) is 9.16. The zero-order valence-electron chi connectivity index (χ0n) is 17.0. The number of nitrogens with two attached hydrogens (primary N) is 2. The Morgan fingerprint density at radius 2 is 1.72 bits per heavy atom. The van der Waals surface area contributed by atoms with Gasteiger partial charge < -0.3 is 26.6 Å². The summed E-state index contributed by atoms with van der Waals surface area (Å²) in [4.78, 5) is 51.0. The normalized spacial score (nSPS) is 10.9. The summed E-state index contributed by atoms with van der Waals surface area (Å²) < 4.78 is 4.61. The van der Waals surface area contributed by atoms with E-state index in [-0.39, 0.29) is 17.1 Å². The molecule has 32 heavy (non-hydrogen) atoms. The molecule has 0 aliphatic rings. The summed E-state index contributed by atoms with van der Waals surface area (Å²) in [5.74, 6) is -2.54. The van der Waals surface area contributed by atoms with E-state index in [1.807, 2.05) is 0 Å². The molecule has 8 N–H and O–H groups in total. The lowest BCUT2D eigenvalue weighted by Gasteiger charge is -2.18. The van der Waals surface area contributed by atoms with Crippen molar-refractivity contribution in [2.24, 2.45) is 16.5 Å². The first-order valence-corrected chi connectivity index (χ1v) is 9.16. The number of carboxylic acid groups (broad SMARTS) is 1. The maximum Gasteiger partial charge on any atom is 0.337 e. The van der Waals surface area contributed by atoms with Crippen molar-refractivity contribution < 1.29 is 29.0 Å². The topological polar surface area (TPSA) is 198 Å². The summed E-state index contributed by atoms with van der Waals surface area (Å²) in [7, 11) is 1.24. The zero-order chi connectivity index (χ0) is 23.7. The quantitative estimate of drug-likeness (QED) is 0.154. The van der Waals surface area contributed by atoms with Gasteiger partial charge in [0.2, 0.25) is 0 Å². The van der Waals surface area contributed by atoms with Gasteiger partial charge in [0.15, 0.2) is 5.96 Å². The van der Waals surface area contributed by atoms with Gasteiger partial charge in [-0.05, 0) is 35.9 Å². The highest BCUT2D eigenvalue weighted by Crippen LogP contribution is 2.18. The highest BCUT2D eigenvalue weighted by molar-refractivity contribution is 5.96. The molecule has 2 rings (SSSR count). The molecule has 1 atom stereocenters. The maximum atomic E-state index is 12.2. The van der Waals surface area contributed by atoms with Crippen molar-refractivity contribution in [3.63, 3.8) is 0 Å². The van der Waals surface area contributed by atoms with E-state index in [9.17, 15) is 19.2 Å². The van der Waals surface area contributed by atoms with Crippen molar-refractivity contribution in [1.29, 1.82) is 0 Å². The number of urea groups is 1. The minimum Gasteiger partial charge on any atom is -0.481 e. The molecule has 2 aromatic rings. The van der Waals surface area contributed by atoms with Crippen LogP contribution in [0.4, 0.5) is 10.5 Å². The summed E-state index contributed by atoms with van der Waals surface area (Å²) in [6.45, 7) is 0. The number of carbonyl (C=O) groups excluding carboxylic acids is 3. The minimum absolute atomic E-state index is 0.174. The number of hydrogen-bond acceptors (Lipinski definition) is 6. The van der Waals surface area contributed by atoms with Gasteiger partial charge >= 0.3 is 18.0 Å². The van der Waals surface area contributed by atoms with Crippen molar-refractivity contribution in [2.45, 2.75) is 12.5 Å². The van der Waals surface area contributed by atoms with Gasteiger partial charge in [-0.2, -0.15) is 0 Å². The number of hydrazine groups is 1. The monoisotopic (exact) mass is 442 g/mol. The number of methoxy groups -OCH3 is 1. The molecule has 0 fully saturated rings. The van der Waals surface area contributed by atoms with E-state index in [4.69, 9.17) is 16.6 Å². The van der Waals surface area contributed by atoms with E-state index in [1.165, 1.54) is 43.5 Å². The third-order valence-corrected chi connectivity index (χ3v) is 4.07. The summed E-state index contributed by atoms with van der Waals surface area (Å²) in [5, 5.41) is 11.6. The number of amides is 3. The molecule has 0 aromatic heterocycles. The Morgan fingerprint density at radius 1 is 1.03 bits per heavy atom. The highest BCUT2D eigenvalue weighted by atomic mass is 16.5. The number of aliphatic carboxylic acids is 1. The standard InChI is InChI=1S/C20H22N6O6/c1-32-18(30)12-7-5-11(6-8-12)15(10-16(27)28)24-20(31)26-25-17(29)13-3-2-4-14(9-13)23-19(21)22/h2-9,15H,10H2,1H3,(H,25,29)(H,27,28)(H4,21,22,23)(H2,24,26,31)/t15-/m1/s1. The van der Waals surface area contributed by atoms with E-state index in [0.29, 0.717) is 11.3 Å². The van der Waals surface area contributed by atoms with E-state index >= 15 is 0 Å². The molecule has 0 saturated heterocycles. The summed E-state index contributed by atoms with van der Waals surface area (Å²) in [6.07, 6.45) is -0.431. The predicted molar refractivity (Wildman–Crippen MR) is 114 cm³/mol. The maximum absolute atomic E-state index is 12.2. The van der Waals surface area contributed by atoms with Crippen LogP contribution in [-0.2, 0) is 9.53 Å². The van der Waals surface area contributed by atoms with E-state index < -0.39 is 36.3 Å². The van der Waals surface area contributed by atoms with Gasteiger partial charge in [-0.1, -0.05) is 18.2 Å². The molecule has 0 heterocycles. The van der Waals surface area contributed by atoms with Crippen LogP contribution >= 0.6 is 0 Å². The van der Waals surface area contributed by atoms with Crippen molar-refractivity contribution in [3.05, 3.63) is 65.2 Å². The number of ether oxygens (including phenoxy) is 1. The smallest absolute Gasteiger partial charge is 0.337 e. The molecule has 0 spiro atoms. The SMILES string of the molecule is COC(=O)c1ccc([C@@H](CC(=O)O)NC(=O)NNC(=O)c2cccc(N=C(N)N)c2)cc1. The number of guanidine groups is 1. The van der Waals surface area contributed by atoms with Crippen LogP contribution in [0.1, 0.15) is 38.7 Å². The number of carboxylic acids is 1. The molecule has 12 nitrogen and oxygen atoms in total. The number of esters is 1. The van der Waals surface area contributed by atoms with Crippen LogP contribution < -0.4 is 27.6 Å². The molecule has 0 radical (unpaired) electrons. The molecule has 3 amide bonds. The Bertz CT molecular complexity index is 1030. The highest BCUT2D eigenvalue weighted by Gasteiger charge is 2.19. The third-order valence-electron chi connectivity index (χ3n) is 4.07. The van der Waals surface area contributed by atoms with Crippen LogP contribution in [0, 0.1) is 0 Å². The number of nitrogens with zero attached hydrogens (tertiary/aromatic N) is 1. The van der Waals surface area contributed by atoms with Gasteiger partial charge in [-0.25, -0.2) is 20.0 Å². The predicted octanol–water partition coefficient (Wildman–Crippen LogP) is 0.538. The molecule has 168 valence electrons. The summed E-state index contributed by atoms with van der Waals surface area (Å²) >= 11 is 0. The van der Waals surface area contributed by atoms with Gasteiger partial charge in [0.1, 0.15) is 0 Å². The molecular formula is C20H22N6O6. The fraction of sp³-hybridized carbons (Fsp3) is 0.150. The summed E-state index contributed by atoms with van der Waals surface area (Å²) in [6, 6.07) is 10.1. The largest absolute Gasteiger partial charge is 0.481 e. The molecular weight excluding hydrogens is 420 g/mol. The van der Waals surface area contributed by atoms with E-state index in [1.54, 1.807) is 12.1 Å². The van der Waals surface area contributed by atoms with Gasteiger partial charge in [0, 0.05) is 5.56 Å². The van der Waals surface area contributed by atoms with Gasteiger partial charge in [-0.3, -0.25) is 15.0 Å². The lowest BCUT2D eigenvalue weighted by molar-refractivity contribution is -0.137. The molecule has 0 saturated carbocycles. The Labute approximate surface area is 182 Å². The molecule has 0 aliphatic carbocycles. The van der Waals surface area contributed by atoms with Crippen LogP contribution in [0.3, 0.4) is 0 Å². The van der Waals surface area contributed by atoms with Crippen LogP contribution in [0.2, 0.25) is 0 Å². The Hall–Kier alpha value is -4.61. The second-order valence-corrected chi connectivity index (χ2v) is 6.40. The van der Waals surface area contributed by atoms with Gasteiger partial charge in [0.05, 0.1) is 30.8 Å². The second-order valence-electron chi connectivity index (χ2n) is 6.40. The van der Waals surface area contributed by atoms with Crippen LogP contribution in [-0.4, -0.2) is 42.1 Å². The first kappa shape index (κ1) is 23.7. The number of hydrogen-bond donors (Lipinski definition) is 6. The Balaban J connectivity index is 2.03. The van der Waals surface area contributed by atoms with Crippen LogP contribution in [0.5, 0.6) is 0 Å². The van der Waals surface area contributed by atoms with Gasteiger partial charge in [-0.15, -0.1) is 0 Å². The Morgan fingerprint density at radius 3 is 2.31 bits per heavy atom. The van der Waals surface area contributed by atoms with Gasteiger partial charge in [0.25, 0.3) is 5.91 Å². The number of aliphatic imine (C=N–C) groups is 1. The second kappa shape index (κ2) is 11.0. The minimum atomic E-state index is -1.16. The lowest BCUT2D eigenvalue weighted by Crippen LogP contribution is -2.48. The molecule has 0 bridgehead atoms. The summed E-state index contributed by atoms with van der Waals surface area (Å²) in [5.41, 5.74) is 16.2. The number of nitrogens with one attached hydrogen (secondary N) is 3. The van der Waals surface area contributed by atoms with Crippen molar-refractivity contribution in [2.75, 3.05) is 7.11 Å². The van der Waals surface area contributed by atoms with E-state index in [2.05, 4.69) is 25.9 Å². The average molecular weight is 442 g/mol. The van der Waals surface area contributed by atoms with Crippen molar-refractivity contribution in [3.8, 4) is 0 Å². The fourth-order valence-electron chi connectivity index (χ4n) is 2.64. The number of carbonyl (C=O) groups is 4. The van der Waals surface area contributed by atoms with Crippen LogP contribution in [0.25, 0.3) is 0 Å². The lowest BCUT2D eigenvalue weighted by atomic mass is 10.0. The molecule has 12 heteroatoms. The van der Waals surface area contributed by atoms with E-state index in [0.717, 1.165) is 0 Å². The first-order chi connectivity index (χ1) is 15.2. The molecule has 0 unspecified atom stereocenters. The van der Waals surface area contributed by atoms with Crippen molar-refractivity contribution >= 4 is 35.5 Å². The fourth-order valence-corrected chi connectivity index (χ4v) is 2.64. The molecule has 0 aliphatic heterocycles. The average Bonchev–Trinajstić information content (AvgIpc) is 2.76. The number of rotatable bonds is 7. The van der Waals surface area contributed by atoms with Crippen molar-refractivity contribution in [1.82, 2.24) is 16.2 Å². The van der Waals surface area contributed by atoms with Crippen LogP contribution in [0.15, 0.2) is 53.5 Å². The zero-order valence-corrected chi connectivity index (χ0v) is 17.0. The number of benzene rings is 2. The third kappa shape index (κ3) is 7.02.